The van der Waals surface area contributed by atoms with Crippen molar-refractivity contribution >= 4 is 70.4 Å². The van der Waals surface area contributed by atoms with Crippen LogP contribution in [-0.4, -0.2) is 16.5 Å². The van der Waals surface area contributed by atoms with Crippen molar-refractivity contribution in [1.82, 2.24) is 0 Å². The lowest BCUT2D eigenvalue weighted by molar-refractivity contribution is 0.507. The first kappa shape index (κ1) is 14.9. The van der Waals surface area contributed by atoms with Crippen LogP contribution in [0.15, 0.2) is 30.5 Å². The van der Waals surface area contributed by atoms with Gasteiger partial charge >= 0.3 is 0 Å². The minimum absolute atomic E-state index is 0.0297. The number of nitrogens with zero attached hydrogens (tertiary/aromatic N) is 1. The van der Waals surface area contributed by atoms with Gasteiger partial charge in [-0.1, -0.05) is 27.7 Å². The van der Waals surface area contributed by atoms with Crippen LogP contribution in [0.4, 0.5) is 5.69 Å². The van der Waals surface area contributed by atoms with Gasteiger partial charge in [0.25, 0.3) is 0 Å². The standard InChI is InChI=1S/C12H13Br3N2S/c1-12(2)3-4-18-11(17-12)16-10-8(14)5-7(13)6-9(10)15/h5-6H,3-4H2,1-2H3,(H,16,17). The highest BCUT2D eigenvalue weighted by atomic mass is 79.9. The molecule has 98 valence electrons. The van der Waals surface area contributed by atoms with Gasteiger partial charge in [-0.2, -0.15) is 0 Å². The van der Waals surface area contributed by atoms with E-state index in [-0.39, 0.29) is 5.54 Å². The Morgan fingerprint density at radius 3 is 2.39 bits per heavy atom. The number of hydrogen-bond acceptors (Lipinski definition) is 3. The molecule has 0 saturated carbocycles. The van der Waals surface area contributed by atoms with Gasteiger partial charge in [-0.3, -0.25) is 4.99 Å². The lowest BCUT2D eigenvalue weighted by Gasteiger charge is -2.26. The van der Waals surface area contributed by atoms with Gasteiger partial charge in [0.15, 0.2) is 5.17 Å². The molecule has 1 aromatic rings. The summed E-state index contributed by atoms with van der Waals surface area (Å²) in [4.78, 5) is 4.73. The zero-order chi connectivity index (χ0) is 13.3. The Kier molecular flexibility index (Phi) is 4.84. The van der Waals surface area contributed by atoms with E-state index in [0.717, 1.165) is 36.4 Å². The Bertz CT molecular complexity index is 477. The minimum atomic E-state index is 0.0297. The maximum atomic E-state index is 4.73. The Balaban J connectivity index is 2.27. The Hall–Kier alpha value is 0.480. The number of benzene rings is 1. The average Bonchev–Trinajstić information content (AvgIpc) is 2.22. The van der Waals surface area contributed by atoms with E-state index in [0.29, 0.717) is 0 Å². The zero-order valence-electron chi connectivity index (χ0n) is 10.1. The molecule has 6 heteroatoms. The first-order valence-electron chi connectivity index (χ1n) is 5.52. The van der Waals surface area contributed by atoms with Crippen molar-refractivity contribution < 1.29 is 0 Å². The Morgan fingerprint density at radius 2 is 1.83 bits per heavy atom. The fourth-order valence-electron chi connectivity index (χ4n) is 1.59. The summed E-state index contributed by atoms with van der Waals surface area (Å²) in [5.74, 6) is 1.10. The van der Waals surface area contributed by atoms with E-state index in [1.54, 1.807) is 11.8 Å². The summed E-state index contributed by atoms with van der Waals surface area (Å²) in [7, 11) is 0. The van der Waals surface area contributed by atoms with Crippen molar-refractivity contribution in [3.05, 3.63) is 25.6 Å². The van der Waals surface area contributed by atoms with Gasteiger partial charge in [0.1, 0.15) is 0 Å². The highest BCUT2D eigenvalue weighted by molar-refractivity contribution is 9.11. The fourth-order valence-corrected chi connectivity index (χ4v) is 5.33. The van der Waals surface area contributed by atoms with E-state index in [1.807, 2.05) is 12.1 Å². The van der Waals surface area contributed by atoms with Crippen molar-refractivity contribution in [2.45, 2.75) is 25.8 Å². The maximum Gasteiger partial charge on any atom is 0.161 e. The molecule has 0 aliphatic carbocycles. The molecule has 0 fully saturated rings. The molecular weight excluding hydrogens is 444 g/mol. The predicted molar refractivity (Wildman–Crippen MR) is 91.8 cm³/mol. The summed E-state index contributed by atoms with van der Waals surface area (Å²) in [5, 5.41) is 4.38. The van der Waals surface area contributed by atoms with Crippen molar-refractivity contribution in [3.63, 3.8) is 0 Å². The van der Waals surface area contributed by atoms with E-state index in [4.69, 9.17) is 4.99 Å². The van der Waals surface area contributed by atoms with Crippen molar-refractivity contribution in [2.75, 3.05) is 11.1 Å². The Labute approximate surface area is 137 Å². The van der Waals surface area contributed by atoms with Crippen LogP contribution >= 0.6 is 59.6 Å². The molecule has 2 rings (SSSR count). The summed E-state index contributed by atoms with van der Waals surface area (Å²) in [6.07, 6.45) is 1.12. The van der Waals surface area contributed by atoms with Crippen LogP contribution in [0.25, 0.3) is 0 Å². The Morgan fingerprint density at radius 1 is 1.22 bits per heavy atom. The molecule has 0 radical (unpaired) electrons. The predicted octanol–water partition coefficient (Wildman–Crippen LogP) is 5.66. The van der Waals surface area contributed by atoms with Gasteiger partial charge in [0, 0.05) is 19.2 Å². The second kappa shape index (κ2) is 5.85. The third kappa shape index (κ3) is 3.74. The second-order valence-electron chi connectivity index (χ2n) is 4.70. The number of rotatable bonds is 1. The normalized spacial score (nSPS) is 18.4. The number of halogens is 3. The number of hydrogen-bond donors (Lipinski definition) is 1. The lowest BCUT2D eigenvalue weighted by atomic mass is 10.0. The molecule has 1 aliphatic heterocycles. The van der Waals surface area contributed by atoms with Crippen LogP contribution in [0.3, 0.4) is 0 Å². The molecule has 18 heavy (non-hydrogen) atoms. The van der Waals surface area contributed by atoms with Gasteiger partial charge < -0.3 is 5.32 Å². The average molecular weight is 457 g/mol. The smallest absolute Gasteiger partial charge is 0.161 e. The van der Waals surface area contributed by atoms with Gasteiger partial charge in [0.05, 0.1) is 11.2 Å². The summed E-state index contributed by atoms with van der Waals surface area (Å²) < 4.78 is 3.05. The number of aliphatic imine (C=N–C) groups is 1. The second-order valence-corrected chi connectivity index (χ2v) is 8.41. The SMILES string of the molecule is CC1(C)CCSC(Nc2c(Br)cc(Br)cc2Br)=N1. The summed E-state index contributed by atoms with van der Waals surface area (Å²) >= 11 is 12.4. The lowest BCUT2D eigenvalue weighted by Crippen LogP contribution is -2.27. The molecule has 0 amide bonds. The van der Waals surface area contributed by atoms with E-state index < -0.39 is 0 Å². The van der Waals surface area contributed by atoms with Gasteiger partial charge in [0.2, 0.25) is 0 Å². The molecule has 0 spiro atoms. The quantitative estimate of drug-likeness (QED) is 0.589. The molecule has 1 N–H and O–H groups in total. The van der Waals surface area contributed by atoms with Crippen molar-refractivity contribution in [1.29, 1.82) is 0 Å². The van der Waals surface area contributed by atoms with Crippen LogP contribution < -0.4 is 5.32 Å². The number of thioether (sulfide) groups is 1. The van der Waals surface area contributed by atoms with E-state index in [2.05, 4.69) is 67.0 Å². The molecule has 0 bridgehead atoms. The third-order valence-corrected chi connectivity index (χ3v) is 5.18. The molecule has 2 nitrogen and oxygen atoms in total. The monoisotopic (exact) mass is 454 g/mol. The van der Waals surface area contributed by atoms with Crippen molar-refractivity contribution in [3.8, 4) is 0 Å². The van der Waals surface area contributed by atoms with Gasteiger partial charge in [-0.15, -0.1) is 0 Å². The number of amidine groups is 1. The fraction of sp³-hybridized carbons (Fsp3) is 0.417. The molecule has 0 aromatic heterocycles. The van der Waals surface area contributed by atoms with Crippen molar-refractivity contribution in [2.24, 2.45) is 4.99 Å². The molecule has 1 heterocycles. The van der Waals surface area contributed by atoms with Gasteiger partial charge in [-0.25, -0.2) is 0 Å². The molecular formula is C12H13Br3N2S. The molecule has 0 atom stereocenters. The highest BCUT2D eigenvalue weighted by Gasteiger charge is 2.23. The summed E-state index contributed by atoms with van der Waals surface area (Å²) in [5.41, 5.74) is 1.05. The number of anilines is 1. The summed E-state index contributed by atoms with van der Waals surface area (Å²) in [6.45, 7) is 4.33. The van der Waals surface area contributed by atoms with Gasteiger partial charge in [-0.05, 0) is 64.3 Å². The number of nitrogens with one attached hydrogen (secondary N) is 1. The zero-order valence-corrected chi connectivity index (χ0v) is 15.6. The molecule has 1 aromatic carbocycles. The van der Waals surface area contributed by atoms with Crippen LogP contribution in [0.5, 0.6) is 0 Å². The summed E-state index contributed by atoms with van der Waals surface area (Å²) in [6, 6.07) is 4.04. The molecule has 1 aliphatic rings. The maximum absolute atomic E-state index is 4.73. The first-order valence-corrected chi connectivity index (χ1v) is 8.88. The van der Waals surface area contributed by atoms with Crippen LogP contribution in [-0.2, 0) is 0 Å². The third-order valence-electron chi connectivity index (χ3n) is 2.60. The topological polar surface area (TPSA) is 24.4 Å². The largest absolute Gasteiger partial charge is 0.333 e. The van der Waals surface area contributed by atoms with E-state index >= 15 is 0 Å². The van der Waals surface area contributed by atoms with Crippen LogP contribution in [0.1, 0.15) is 20.3 Å². The van der Waals surface area contributed by atoms with Crippen LogP contribution in [0.2, 0.25) is 0 Å². The van der Waals surface area contributed by atoms with E-state index in [1.165, 1.54) is 0 Å². The highest BCUT2D eigenvalue weighted by Crippen LogP contribution is 2.36. The molecule has 0 unspecified atom stereocenters. The first-order chi connectivity index (χ1) is 8.37. The minimum Gasteiger partial charge on any atom is -0.333 e. The van der Waals surface area contributed by atoms with Crippen LogP contribution in [0, 0.1) is 0 Å². The molecule has 0 saturated heterocycles. The van der Waals surface area contributed by atoms with E-state index in [9.17, 15) is 0 Å².